The predicted molar refractivity (Wildman–Crippen MR) is 107 cm³/mol. The smallest absolute Gasteiger partial charge is 0.241 e. The van der Waals surface area contributed by atoms with Crippen molar-refractivity contribution in [3.05, 3.63) is 54.7 Å². The Balaban J connectivity index is 1.28. The lowest BCUT2D eigenvalue weighted by atomic mass is 9.96. The summed E-state index contributed by atoms with van der Waals surface area (Å²) in [6, 6.07) is 11.2. The minimum Gasteiger partial charge on any atom is -0.497 e. The van der Waals surface area contributed by atoms with Crippen LogP contribution in [0.1, 0.15) is 18.7 Å². The molecule has 1 aliphatic rings. The summed E-state index contributed by atoms with van der Waals surface area (Å²) in [6.07, 6.45) is 4.94. The van der Waals surface area contributed by atoms with Gasteiger partial charge >= 0.3 is 0 Å². The normalized spacial score (nSPS) is 15.2. The summed E-state index contributed by atoms with van der Waals surface area (Å²) < 4.78 is 10.6. The average Bonchev–Trinajstić information content (AvgIpc) is 3.23. The number of piperidine rings is 1. The van der Waals surface area contributed by atoms with Crippen LogP contribution in [-0.2, 0) is 11.3 Å². The molecule has 8 heteroatoms. The number of aromatic nitrogens is 3. The molecule has 1 amide bonds. The number of pyridine rings is 1. The van der Waals surface area contributed by atoms with Crippen LogP contribution in [0.2, 0.25) is 0 Å². The zero-order valence-corrected chi connectivity index (χ0v) is 16.2. The number of hydrogen-bond donors (Lipinski definition) is 1. The van der Waals surface area contributed by atoms with Crippen molar-refractivity contribution in [1.29, 1.82) is 0 Å². The number of hydrogen-bond acceptors (Lipinski definition) is 7. The molecule has 1 aliphatic heterocycles. The predicted octanol–water partition coefficient (Wildman–Crippen LogP) is 2.99. The van der Waals surface area contributed by atoms with Crippen molar-refractivity contribution >= 4 is 11.6 Å². The molecule has 0 bridgehead atoms. The second kappa shape index (κ2) is 8.83. The van der Waals surface area contributed by atoms with Gasteiger partial charge in [-0.15, -0.1) is 0 Å². The highest BCUT2D eigenvalue weighted by atomic mass is 16.5. The summed E-state index contributed by atoms with van der Waals surface area (Å²) in [7, 11) is 1.63. The summed E-state index contributed by atoms with van der Waals surface area (Å²) in [6.45, 7) is 2.21. The van der Waals surface area contributed by atoms with Crippen molar-refractivity contribution < 1.29 is 14.1 Å². The van der Waals surface area contributed by atoms with Crippen LogP contribution in [0, 0.1) is 5.92 Å². The molecular weight excluding hydrogens is 370 g/mol. The van der Waals surface area contributed by atoms with Crippen molar-refractivity contribution in [2.45, 2.75) is 19.4 Å². The van der Waals surface area contributed by atoms with Crippen LogP contribution >= 0.6 is 0 Å². The number of rotatable bonds is 6. The number of amides is 1. The van der Waals surface area contributed by atoms with Crippen LogP contribution < -0.4 is 10.1 Å². The summed E-state index contributed by atoms with van der Waals surface area (Å²) in [5.74, 6) is 1.98. The molecule has 1 aromatic carbocycles. The molecule has 0 aliphatic carbocycles. The van der Waals surface area contributed by atoms with Crippen molar-refractivity contribution in [1.82, 2.24) is 20.0 Å². The highest BCUT2D eigenvalue weighted by Crippen LogP contribution is 2.23. The zero-order chi connectivity index (χ0) is 20.1. The van der Waals surface area contributed by atoms with Crippen LogP contribution in [-0.4, -0.2) is 46.1 Å². The fraction of sp³-hybridized carbons (Fsp3) is 0.333. The molecule has 3 heterocycles. The molecule has 0 radical (unpaired) electrons. The molecule has 29 heavy (non-hydrogen) atoms. The minimum absolute atomic E-state index is 0.00371. The Morgan fingerprint density at radius 3 is 2.72 bits per heavy atom. The SMILES string of the molecule is COc1ccc(-c2noc(CN3CCC(C(=O)Nc4cccnc4)CC3)n2)cc1. The third kappa shape index (κ3) is 4.78. The minimum atomic E-state index is 0.00371. The maximum atomic E-state index is 12.4. The third-order valence-corrected chi connectivity index (χ3v) is 5.06. The van der Waals surface area contributed by atoms with Crippen molar-refractivity contribution in [2.24, 2.45) is 5.92 Å². The van der Waals surface area contributed by atoms with Crippen molar-refractivity contribution in [2.75, 3.05) is 25.5 Å². The van der Waals surface area contributed by atoms with Gasteiger partial charge in [0.1, 0.15) is 5.75 Å². The largest absolute Gasteiger partial charge is 0.497 e. The van der Waals surface area contributed by atoms with E-state index in [4.69, 9.17) is 9.26 Å². The van der Waals surface area contributed by atoms with E-state index in [-0.39, 0.29) is 11.8 Å². The van der Waals surface area contributed by atoms with Crippen molar-refractivity contribution in [3.8, 4) is 17.1 Å². The highest BCUT2D eigenvalue weighted by Gasteiger charge is 2.26. The first-order valence-electron chi connectivity index (χ1n) is 9.61. The lowest BCUT2D eigenvalue weighted by Crippen LogP contribution is -2.37. The van der Waals surface area contributed by atoms with Gasteiger partial charge in [0.15, 0.2) is 0 Å². The molecule has 1 fully saturated rings. The van der Waals surface area contributed by atoms with Gasteiger partial charge in [0.25, 0.3) is 0 Å². The Hall–Kier alpha value is -3.26. The lowest BCUT2D eigenvalue weighted by molar-refractivity contribution is -0.121. The number of methoxy groups -OCH3 is 1. The van der Waals surface area contributed by atoms with E-state index >= 15 is 0 Å². The Bertz CT molecular complexity index is 934. The number of ether oxygens (including phenoxy) is 1. The molecule has 1 N–H and O–H groups in total. The van der Waals surface area contributed by atoms with Crippen LogP contribution in [0.5, 0.6) is 5.75 Å². The van der Waals surface area contributed by atoms with Crippen LogP contribution in [0.15, 0.2) is 53.3 Å². The van der Waals surface area contributed by atoms with E-state index in [2.05, 4.69) is 25.3 Å². The quantitative estimate of drug-likeness (QED) is 0.688. The van der Waals surface area contributed by atoms with Gasteiger partial charge in [-0.1, -0.05) is 5.16 Å². The van der Waals surface area contributed by atoms with Gasteiger partial charge in [-0.05, 0) is 62.3 Å². The second-order valence-electron chi connectivity index (χ2n) is 7.02. The summed E-state index contributed by atoms with van der Waals surface area (Å²) in [5, 5.41) is 7.01. The molecule has 4 rings (SSSR count). The zero-order valence-electron chi connectivity index (χ0n) is 16.2. The number of benzene rings is 1. The molecule has 150 valence electrons. The first-order chi connectivity index (χ1) is 14.2. The summed E-state index contributed by atoms with van der Waals surface area (Å²) in [4.78, 5) is 23.2. The van der Waals surface area contributed by atoms with E-state index in [1.54, 1.807) is 19.5 Å². The first-order valence-corrected chi connectivity index (χ1v) is 9.61. The number of nitrogens with one attached hydrogen (secondary N) is 1. The first kappa shape index (κ1) is 19.1. The maximum Gasteiger partial charge on any atom is 0.241 e. The number of carbonyl (C=O) groups excluding carboxylic acids is 1. The fourth-order valence-electron chi connectivity index (χ4n) is 3.40. The van der Waals surface area contributed by atoms with Gasteiger partial charge in [-0.3, -0.25) is 14.7 Å². The molecule has 3 aromatic rings. The Morgan fingerprint density at radius 1 is 1.24 bits per heavy atom. The van der Waals surface area contributed by atoms with E-state index in [0.717, 1.165) is 42.9 Å². The van der Waals surface area contributed by atoms with Gasteiger partial charge in [-0.25, -0.2) is 0 Å². The molecule has 0 saturated carbocycles. The second-order valence-corrected chi connectivity index (χ2v) is 7.02. The van der Waals surface area contributed by atoms with Gasteiger partial charge < -0.3 is 14.6 Å². The van der Waals surface area contributed by atoms with Crippen LogP contribution in [0.3, 0.4) is 0 Å². The third-order valence-electron chi connectivity index (χ3n) is 5.06. The van der Waals surface area contributed by atoms with E-state index < -0.39 is 0 Å². The van der Waals surface area contributed by atoms with Crippen molar-refractivity contribution in [3.63, 3.8) is 0 Å². The maximum absolute atomic E-state index is 12.4. The highest BCUT2D eigenvalue weighted by molar-refractivity contribution is 5.92. The Morgan fingerprint density at radius 2 is 2.03 bits per heavy atom. The molecule has 2 aromatic heterocycles. The molecular formula is C21H23N5O3. The van der Waals surface area contributed by atoms with E-state index in [1.807, 2.05) is 36.4 Å². The molecule has 0 atom stereocenters. The lowest BCUT2D eigenvalue weighted by Gasteiger charge is -2.30. The standard InChI is InChI=1S/C21H23N5O3/c1-28-18-6-4-15(5-7-18)20-24-19(29-25-20)14-26-11-8-16(9-12-26)21(27)23-17-3-2-10-22-13-17/h2-7,10,13,16H,8-9,11-12,14H2,1H3,(H,23,27). The van der Waals surface area contributed by atoms with E-state index in [1.165, 1.54) is 0 Å². The summed E-state index contributed by atoms with van der Waals surface area (Å²) in [5.41, 5.74) is 1.61. The average molecular weight is 393 g/mol. The van der Waals surface area contributed by atoms with Gasteiger partial charge in [0, 0.05) is 17.7 Å². The summed E-state index contributed by atoms with van der Waals surface area (Å²) >= 11 is 0. The number of carbonyl (C=O) groups is 1. The van der Waals surface area contributed by atoms with Gasteiger partial charge in [0.05, 0.1) is 25.5 Å². The fourth-order valence-corrected chi connectivity index (χ4v) is 3.40. The van der Waals surface area contributed by atoms with E-state index in [9.17, 15) is 4.79 Å². The number of anilines is 1. The number of likely N-dealkylation sites (tertiary alicyclic amines) is 1. The monoisotopic (exact) mass is 393 g/mol. The topological polar surface area (TPSA) is 93.4 Å². The van der Waals surface area contributed by atoms with Gasteiger partial charge in [-0.2, -0.15) is 4.98 Å². The molecule has 0 spiro atoms. The molecule has 1 saturated heterocycles. The Labute approximate surface area is 168 Å². The van der Waals surface area contributed by atoms with Crippen LogP contribution in [0.25, 0.3) is 11.4 Å². The van der Waals surface area contributed by atoms with E-state index in [0.29, 0.717) is 18.3 Å². The van der Waals surface area contributed by atoms with Crippen LogP contribution in [0.4, 0.5) is 5.69 Å². The molecule has 8 nitrogen and oxygen atoms in total. The van der Waals surface area contributed by atoms with Gasteiger partial charge in [0.2, 0.25) is 17.6 Å². The number of nitrogens with zero attached hydrogens (tertiary/aromatic N) is 4. The molecule has 0 unspecified atom stereocenters. The Kier molecular flexibility index (Phi) is 5.81.